The monoisotopic (exact) mass is 232 g/mol. The van der Waals surface area contributed by atoms with Crippen molar-refractivity contribution in [2.24, 2.45) is 0 Å². The highest BCUT2D eigenvalue weighted by Gasteiger charge is 2.25. The van der Waals surface area contributed by atoms with E-state index in [2.05, 4.69) is 32.2 Å². The summed E-state index contributed by atoms with van der Waals surface area (Å²) >= 11 is 0. The minimum Gasteiger partial charge on any atom is -0.367 e. The van der Waals surface area contributed by atoms with Gasteiger partial charge < -0.3 is 5.32 Å². The lowest BCUT2D eigenvalue weighted by molar-refractivity contribution is 0.108. The molecule has 0 spiro atoms. The second-order valence-electron chi connectivity index (χ2n) is 4.27. The maximum atomic E-state index is 4.17. The molecule has 17 heavy (non-hydrogen) atoms. The van der Waals surface area contributed by atoms with E-state index in [1.807, 2.05) is 0 Å². The highest BCUT2D eigenvalue weighted by molar-refractivity contribution is 5.44. The molecule has 0 amide bonds. The van der Waals surface area contributed by atoms with Crippen molar-refractivity contribution in [1.82, 2.24) is 24.5 Å². The van der Waals surface area contributed by atoms with Gasteiger partial charge in [-0.05, 0) is 13.0 Å². The second-order valence-corrected chi connectivity index (χ2v) is 4.27. The first-order valence-electron chi connectivity index (χ1n) is 6.00. The Morgan fingerprint density at radius 2 is 2.41 bits per heavy atom. The van der Waals surface area contributed by atoms with E-state index in [4.69, 9.17) is 0 Å². The van der Waals surface area contributed by atoms with Gasteiger partial charge in [0.25, 0.3) is 0 Å². The largest absolute Gasteiger partial charge is 0.367 e. The number of likely N-dealkylation sites (tertiary alicyclic amines) is 1. The first-order valence-corrected chi connectivity index (χ1v) is 6.00. The average molecular weight is 232 g/mol. The summed E-state index contributed by atoms with van der Waals surface area (Å²) in [6.45, 7) is 5.48. The summed E-state index contributed by atoms with van der Waals surface area (Å²) in [5.74, 6) is 0.906. The average Bonchev–Trinajstić information content (AvgIpc) is 2.77. The Balaban J connectivity index is 1.70. The molecule has 1 saturated heterocycles. The van der Waals surface area contributed by atoms with Crippen LogP contribution in [0.3, 0.4) is 0 Å². The minimum absolute atomic E-state index is 0.638. The van der Waals surface area contributed by atoms with Gasteiger partial charge in [-0.1, -0.05) is 6.92 Å². The third kappa shape index (κ3) is 1.84. The first kappa shape index (κ1) is 10.5. The van der Waals surface area contributed by atoms with Crippen LogP contribution in [-0.2, 0) is 0 Å². The van der Waals surface area contributed by atoms with Crippen LogP contribution in [0.2, 0.25) is 0 Å². The van der Waals surface area contributed by atoms with E-state index >= 15 is 0 Å². The number of anilines is 1. The predicted octanol–water partition coefficient (Wildman–Crippen LogP) is 0.630. The number of hydrogen-bond donors (Lipinski definition) is 1. The number of fused-ring (bicyclic) bond motifs is 1. The normalized spacial score (nSPS) is 20.4. The van der Waals surface area contributed by atoms with Crippen LogP contribution in [0.5, 0.6) is 0 Å². The zero-order valence-corrected chi connectivity index (χ0v) is 9.87. The molecular formula is C11H16N6. The summed E-state index contributed by atoms with van der Waals surface area (Å²) < 4.78 is 1.78. The smallest absolute Gasteiger partial charge is 0.175 e. The van der Waals surface area contributed by atoms with Crippen LogP contribution in [0.15, 0.2) is 18.7 Å². The van der Waals surface area contributed by atoms with Crippen molar-refractivity contribution in [3.05, 3.63) is 18.7 Å². The van der Waals surface area contributed by atoms with E-state index in [1.165, 1.54) is 13.0 Å². The van der Waals surface area contributed by atoms with Crippen LogP contribution in [0, 0.1) is 0 Å². The maximum Gasteiger partial charge on any atom is 0.175 e. The molecule has 1 N–H and O–H groups in total. The summed E-state index contributed by atoms with van der Waals surface area (Å²) in [5, 5.41) is 7.57. The molecule has 0 aliphatic carbocycles. The van der Waals surface area contributed by atoms with Crippen LogP contribution >= 0.6 is 0 Å². The van der Waals surface area contributed by atoms with E-state index in [9.17, 15) is 0 Å². The molecule has 0 aromatic carbocycles. The molecule has 0 saturated carbocycles. The molecule has 0 bridgehead atoms. The molecule has 1 aliphatic heterocycles. The van der Waals surface area contributed by atoms with Gasteiger partial charge in [0.2, 0.25) is 0 Å². The summed E-state index contributed by atoms with van der Waals surface area (Å²) in [6.07, 6.45) is 6.31. The van der Waals surface area contributed by atoms with Crippen molar-refractivity contribution in [2.45, 2.75) is 19.4 Å². The number of rotatable bonds is 4. The molecule has 1 unspecified atom stereocenters. The summed E-state index contributed by atoms with van der Waals surface area (Å²) in [7, 11) is 0. The van der Waals surface area contributed by atoms with Crippen LogP contribution in [0.1, 0.15) is 13.3 Å². The number of nitrogens with one attached hydrogen (secondary N) is 1. The van der Waals surface area contributed by atoms with E-state index in [0.717, 1.165) is 24.6 Å². The van der Waals surface area contributed by atoms with Crippen molar-refractivity contribution in [3.8, 4) is 0 Å². The van der Waals surface area contributed by atoms with Crippen LogP contribution in [-0.4, -0.2) is 50.2 Å². The maximum absolute atomic E-state index is 4.17. The number of likely N-dealkylation sites (N-methyl/N-ethyl adjacent to an activating group) is 1. The fourth-order valence-electron chi connectivity index (χ4n) is 2.24. The van der Waals surface area contributed by atoms with Gasteiger partial charge >= 0.3 is 0 Å². The van der Waals surface area contributed by atoms with E-state index in [1.54, 1.807) is 23.2 Å². The third-order valence-corrected chi connectivity index (χ3v) is 3.38. The van der Waals surface area contributed by atoms with Gasteiger partial charge in [-0.25, -0.2) is 4.98 Å². The molecule has 1 atom stereocenters. The zero-order valence-electron chi connectivity index (χ0n) is 9.87. The van der Waals surface area contributed by atoms with Crippen molar-refractivity contribution in [1.29, 1.82) is 0 Å². The molecule has 90 valence electrons. The Bertz CT molecular complexity index is 505. The number of aromatic nitrogens is 4. The lowest BCUT2D eigenvalue weighted by Gasteiger charge is -2.40. The summed E-state index contributed by atoms with van der Waals surface area (Å²) in [4.78, 5) is 10.7. The summed E-state index contributed by atoms with van der Waals surface area (Å²) in [5.41, 5.74) is 0.774. The highest BCUT2D eigenvalue weighted by Crippen LogP contribution is 2.17. The Hall–Kier alpha value is -1.69. The minimum atomic E-state index is 0.638. The number of hydrogen-bond acceptors (Lipinski definition) is 5. The van der Waals surface area contributed by atoms with E-state index in [0.29, 0.717) is 6.04 Å². The van der Waals surface area contributed by atoms with Gasteiger partial charge in [0.05, 0.1) is 12.4 Å². The zero-order chi connectivity index (χ0) is 11.7. The van der Waals surface area contributed by atoms with Gasteiger partial charge in [0, 0.05) is 19.1 Å². The Morgan fingerprint density at radius 3 is 3.18 bits per heavy atom. The lowest BCUT2D eigenvalue weighted by atomic mass is 10.0. The fourth-order valence-corrected chi connectivity index (χ4v) is 2.24. The molecule has 6 heteroatoms. The van der Waals surface area contributed by atoms with Gasteiger partial charge in [0.15, 0.2) is 5.65 Å². The van der Waals surface area contributed by atoms with Crippen molar-refractivity contribution in [2.75, 3.05) is 25.0 Å². The summed E-state index contributed by atoms with van der Waals surface area (Å²) in [6, 6.07) is 0.638. The molecule has 3 heterocycles. The third-order valence-electron chi connectivity index (χ3n) is 3.38. The lowest BCUT2D eigenvalue weighted by Crippen LogP contribution is -2.50. The Morgan fingerprint density at radius 1 is 1.47 bits per heavy atom. The predicted molar refractivity (Wildman–Crippen MR) is 64.9 cm³/mol. The first-order chi connectivity index (χ1) is 8.38. The quantitative estimate of drug-likeness (QED) is 0.838. The van der Waals surface area contributed by atoms with Gasteiger partial charge in [-0.2, -0.15) is 9.61 Å². The molecule has 2 aromatic rings. The second kappa shape index (κ2) is 4.29. The molecule has 1 fully saturated rings. The molecule has 0 radical (unpaired) electrons. The molecule has 1 aliphatic rings. The molecule has 2 aromatic heterocycles. The van der Waals surface area contributed by atoms with Crippen LogP contribution in [0.25, 0.3) is 5.65 Å². The Labute approximate surface area is 99.7 Å². The molecular weight excluding hydrogens is 216 g/mol. The van der Waals surface area contributed by atoms with E-state index in [-0.39, 0.29) is 0 Å². The van der Waals surface area contributed by atoms with Gasteiger partial charge in [-0.15, -0.1) is 0 Å². The Kier molecular flexibility index (Phi) is 2.64. The molecule has 3 rings (SSSR count). The SMILES string of the molecule is CCN1CCC1CNc1cncc2ncnn12. The topological polar surface area (TPSA) is 58.3 Å². The van der Waals surface area contributed by atoms with Crippen LogP contribution < -0.4 is 5.32 Å². The van der Waals surface area contributed by atoms with Crippen molar-refractivity contribution >= 4 is 11.5 Å². The standard InChI is InChI=1S/C11H16N6/c1-2-16-4-3-9(16)5-13-10-6-12-7-11-14-8-15-17(10)11/h6-9,13H,2-5H2,1H3. The highest BCUT2D eigenvalue weighted by atomic mass is 15.3. The number of nitrogens with zero attached hydrogens (tertiary/aromatic N) is 5. The van der Waals surface area contributed by atoms with Crippen LogP contribution in [0.4, 0.5) is 5.82 Å². The van der Waals surface area contributed by atoms with Gasteiger partial charge in [0.1, 0.15) is 12.1 Å². The molecule has 6 nitrogen and oxygen atoms in total. The van der Waals surface area contributed by atoms with E-state index < -0.39 is 0 Å². The van der Waals surface area contributed by atoms with Crippen molar-refractivity contribution < 1.29 is 0 Å². The van der Waals surface area contributed by atoms with Crippen molar-refractivity contribution in [3.63, 3.8) is 0 Å². The fraction of sp³-hybridized carbons (Fsp3) is 0.545. The van der Waals surface area contributed by atoms with Gasteiger partial charge in [-0.3, -0.25) is 9.88 Å².